The summed E-state index contributed by atoms with van der Waals surface area (Å²) in [6.45, 7) is 10.3. The SMILES string of the molecule is CCn1nc(C)c(CNC(C)C(CO)SC)c1C. The molecule has 0 aliphatic heterocycles. The second-order valence-corrected chi connectivity index (χ2v) is 5.67. The second-order valence-electron chi connectivity index (χ2n) is 4.59. The Balaban J connectivity index is 2.66. The number of hydrogen-bond donors (Lipinski definition) is 2. The van der Waals surface area contributed by atoms with Crippen molar-refractivity contribution in [2.75, 3.05) is 12.9 Å². The molecule has 0 aliphatic rings. The van der Waals surface area contributed by atoms with Crippen molar-refractivity contribution in [2.24, 2.45) is 0 Å². The summed E-state index contributed by atoms with van der Waals surface area (Å²) in [6, 6.07) is 0.286. The molecule has 0 saturated carbocycles. The first kappa shape index (κ1) is 15.5. The van der Waals surface area contributed by atoms with Gasteiger partial charge in [0, 0.05) is 35.6 Å². The molecular weight excluding hydrogens is 246 g/mol. The lowest BCUT2D eigenvalue weighted by molar-refractivity contribution is 0.276. The maximum Gasteiger partial charge on any atom is 0.0641 e. The van der Waals surface area contributed by atoms with E-state index in [1.807, 2.05) is 10.9 Å². The van der Waals surface area contributed by atoms with Crippen molar-refractivity contribution in [2.45, 2.75) is 52.1 Å². The molecule has 2 unspecified atom stereocenters. The highest BCUT2D eigenvalue weighted by molar-refractivity contribution is 7.99. The third-order valence-corrected chi connectivity index (χ3v) is 4.63. The van der Waals surface area contributed by atoms with E-state index in [1.54, 1.807) is 11.8 Å². The van der Waals surface area contributed by atoms with Crippen molar-refractivity contribution in [1.29, 1.82) is 0 Å². The Kier molecular flexibility index (Phi) is 6.18. The van der Waals surface area contributed by atoms with Gasteiger partial charge in [-0.05, 0) is 34.0 Å². The van der Waals surface area contributed by atoms with Crippen LogP contribution in [0, 0.1) is 13.8 Å². The first-order valence-electron chi connectivity index (χ1n) is 6.45. The van der Waals surface area contributed by atoms with Gasteiger partial charge in [-0.25, -0.2) is 0 Å². The average molecular weight is 271 g/mol. The van der Waals surface area contributed by atoms with Crippen LogP contribution < -0.4 is 5.32 Å². The van der Waals surface area contributed by atoms with Gasteiger partial charge < -0.3 is 10.4 Å². The Labute approximate surface area is 114 Å². The van der Waals surface area contributed by atoms with Crippen LogP contribution >= 0.6 is 11.8 Å². The smallest absolute Gasteiger partial charge is 0.0641 e. The van der Waals surface area contributed by atoms with Gasteiger partial charge in [0.25, 0.3) is 0 Å². The first-order chi connectivity index (χ1) is 8.54. The minimum absolute atomic E-state index is 0.210. The van der Waals surface area contributed by atoms with E-state index >= 15 is 0 Å². The van der Waals surface area contributed by atoms with Gasteiger partial charge in [-0.2, -0.15) is 16.9 Å². The van der Waals surface area contributed by atoms with Crippen LogP contribution in [0.3, 0.4) is 0 Å². The molecular formula is C13H25N3OS. The van der Waals surface area contributed by atoms with E-state index in [-0.39, 0.29) is 17.9 Å². The molecule has 4 nitrogen and oxygen atoms in total. The normalized spacial score (nSPS) is 14.8. The highest BCUT2D eigenvalue weighted by Gasteiger charge is 2.16. The van der Waals surface area contributed by atoms with Crippen LogP contribution in [0.25, 0.3) is 0 Å². The summed E-state index contributed by atoms with van der Waals surface area (Å²) in [5.74, 6) is 0. The fraction of sp³-hybridized carbons (Fsp3) is 0.769. The quantitative estimate of drug-likeness (QED) is 0.793. The zero-order valence-corrected chi connectivity index (χ0v) is 12.8. The number of aromatic nitrogens is 2. The molecule has 5 heteroatoms. The molecule has 0 radical (unpaired) electrons. The number of hydrogen-bond acceptors (Lipinski definition) is 4. The molecule has 2 atom stereocenters. The lowest BCUT2D eigenvalue weighted by Gasteiger charge is -2.21. The number of rotatable bonds is 7. The van der Waals surface area contributed by atoms with Gasteiger partial charge in [0.05, 0.1) is 12.3 Å². The van der Waals surface area contributed by atoms with Crippen LogP contribution in [0.5, 0.6) is 0 Å². The lowest BCUT2D eigenvalue weighted by Crippen LogP contribution is -2.37. The van der Waals surface area contributed by atoms with Crippen LogP contribution in [-0.4, -0.2) is 39.0 Å². The van der Waals surface area contributed by atoms with Gasteiger partial charge in [0.15, 0.2) is 0 Å². The third kappa shape index (κ3) is 3.49. The van der Waals surface area contributed by atoms with E-state index < -0.39 is 0 Å². The molecule has 0 aromatic carbocycles. The largest absolute Gasteiger partial charge is 0.395 e. The van der Waals surface area contributed by atoms with Crippen molar-refractivity contribution < 1.29 is 5.11 Å². The monoisotopic (exact) mass is 271 g/mol. The summed E-state index contributed by atoms with van der Waals surface area (Å²) in [4.78, 5) is 0. The Bertz CT molecular complexity index is 375. The summed E-state index contributed by atoms with van der Waals surface area (Å²) in [5, 5.41) is 17.5. The van der Waals surface area contributed by atoms with E-state index in [2.05, 4.69) is 38.1 Å². The second kappa shape index (κ2) is 7.16. The highest BCUT2D eigenvalue weighted by atomic mass is 32.2. The van der Waals surface area contributed by atoms with Gasteiger partial charge in [-0.15, -0.1) is 0 Å². The topological polar surface area (TPSA) is 50.1 Å². The highest BCUT2D eigenvalue weighted by Crippen LogP contribution is 2.15. The number of aliphatic hydroxyl groups is 1. The zero-order chi connectivity index (χ0) is 13.7. The van der Waals surface area contributed by atoms with E-state index in [1.165, 1.54) is 11.3 Å². The molecule has 0 aliphatic carbocycles. The van der Waals surface area contributed by atoms with Crippen LogP contribution in [0.4, 0.5) is 0 Å². The predicted molar refractivity (Wildman–Crippen MR) is 78.1 cm³/mol. The molecule has 1 aromatic rings. The number of nitrogens with zero attached hydrogens (tertiary/aromatic N) is 2. The maximum absolute atomic E-state index is 9.27. The summed E-state index contributed by atoms with van der Waals surface area (Å²) in [6.07, 6.45) is 2.03. The van der Waals surface area contributed by atoms with Gasteiger partial charge >= 0.3 is 0 Å². The van der Waals surface area contributed by atoms with Crippen LogP contribution in [0.2, 0.25) is 0 Å². The number of aryl methyl sites for hydroxylation is 2. The minimum atomic E-state index is 0.210. The number of thioether (sulfide) groups is 1. The Morgan fingerprint density at radius 1 is 1.44 bits per heavy atom. The molecule has 1 aromatic heterocycles. The lowest BCUT2D eigenvalue weighted by atomic mass is 10.1. The first-order valence-corrected chi connectivity index (χ1v) is 7.73. The fourth-order valence-electron chi connectivity index (χ4n) is 2.13. The molecule has 2 N–H and O–H groups in total. The number of aliphatic hydroxyl groups excluding tert-OH is 1. The van der Waals surface area contributed by atoms with E-state index in [9.17, 15) is 5.11 Å². The Hall–Kier alpha value is -0.520. The van der Waals surface area contributed by atoms with E-state index in [4.69, 9.17) is 0 Å². The molecule has 0 fully saturated rings. The zero-order valence-electron chi connectivity index (χ0n) is 12.0. The maximum atomic E-state index is 9.27. The fourth-order valence-corrected chi connectivity index (χ4v) is 2.78. The van der Waals surface area contributed by atoms with Crippen molar-refractivity contribution in [3.8, 4) is 0 Å². The minimum Gasteiger partial charge on any atom is -0.395 e. The van der Waals surface area contributed by atoms with Gasteiger partial charge in [0.2, 0.25) is 0 Å². The molecule has 104 valence electrons. The van der Waals surface area contributed by atoms with Crippen LogP contribution in [0.1, 0.15) is 30.8 Å². The van der Waals surface area contributed by atoms with Crippen LogP contribution in [0.15, 0.2) is 0 Å². The standard InChI is InChI=1S/C13H25N3OS/c1-6-16-11(4)12(9(2)15-16)7-14-10(3)13(8-17)18-5/h10,13-14,17H,6-8H2,1-5H3. The third-order valence-electron chi connectivity index (χ3n) is 3.47. The van der Waals surface area contributed by atoms with Crippen molar-refractivity contribution in [1.82, 2.24) is 15.1 Å². The van der Waals surface area contributed by atoms with Crippen molar-refractivity contribution in [3.05, 3.63) is 17.0 Å². The molecule has 1 rings (SSSR count). The molecule has 1 heterocycles. The van der Waals surface area contributed by atoms with E-state index in [0.29, 0.717) is 0 Å². The van der Waals surface area contributed by atoms with Crippen molar-refractivity contribution >= 4 is 11.8 Å². The molecule has 0 saturated heterocycles. The average Bonchev–Trinajstić information content (AvgIpc) is 2.63. The summed E-state index contributed by atoms with van der Waals surface area (Å²) in [5.41, 5.74) is 3.61. The van der Waals surface area contributed by atoms with Gasteiger partial charge in [0.1, 0.15) is 0 Å². The van der Waals surface area contributed by atoms with Gasteiger partial charge in [-0.1, -0.05) is 0 Å². The van der Waals surface area contributed by atoms with Crippen molar-refractivity contribution in [3.63, 3.8) is 0 Å². The summed E-state index contributed by atoms with van der Waals surface area (Å²) >= 11 is 1.70. The molecule has 18 heavy (non-hydrogen) atoms. The molecule has 0 bridgehead atoms. The van der Waals surface area contributed by atoms with Crippen LogP contribution in [-0.2, 0) is 13.1 Å². The Morgan fingerprint density at radius 3 is 2.56 bits per heavy atom. The molecule has 0 spiro atoms. The van der Waals surface area contributed by atoms with Gasteiger partial charge in [-0.3, -0.25) is 4.68 Å². The summed E-state index contributed by atoms with van der Waals surface area (Å²) < 4.78 is 2.04. The number of nitrogens with one attached hydrogen (secondary N) is 1. The predicted octanol–water partition coefficient (Wildman–Crippen LogP) is 1.72. The summed E-state index contributed by atoms with van der Waals surface area (Å²) in [7, 11) is 0. The van der Waals surface area contributed by atoms with E-state index in [0.717, 1.165) is 18.8 Å². The Morgan fingerprint density at radius 2 is 2.11 bits per heavy atom. The molecule has 0 amide bonds.